The highest BCUT2D eigenvalue weighted by Crippen LogP contribution is 2.21. The van der Waals surface area contributed by atoms with Crippen molar-refractivity contribution in [1.29, 1.82) is 5.26 Å². The largest absolute Gasteiger partial charge is 0.462 e. The van der Waals surface area contributed by atoms with Gasteiger partial charge in [0.2, 0.25) is 0 Å². The molecule has 1 aromatic heterocycles. The molecule has 0 aliphatic carbocycles. The number of carbonyl (C=O) groups is 2. The lowest BCUT2D eigenvalue weighted by Gasteiger charge is -2.10. The van der Waals surface area contributed by atoms with E-state index in [1.807, 2.05) is 6.07 Å². The van der Waals surface area contributed by atoms with Crippen LogP contribution in [0.2, 0.25) is 0 Å². The van der Waals surface area contributed by atoms with E-state index in [0.717, 1.165) is 0 Å². The molecule has 2 aromatic carbocycles. The van der Waals surface area contributed by atoms with Crippen molar-refractivity contribution in [3.8, 4) is 6.07 Å². The molecule has 1 amide bonds. The van der Waals surface area contributed by atoms with Crippen LogP contribution >= 0.6 is 0 Å². The number of aromatic nitrogens is 1. The molecular weight excluding hydrogens is 368 g/mol. The summed E-state index contributed by atoms with van der Waals surface area (Å²) in [5, 5.41) is 15.0. The van der Waals surface area contributed by atoms with Crippen molar-refractivity contribution < 1.29 is 14.3 Å². The third kappa shape index (κ3) is 4.96. The number of amides is 1. The number of ether oxygens (including phenoxy) is 1. The lowest BCUT2D eigenvalue weighted by atomic mass is 10.1. The Morgan fingerprint density at radius 2 is 1.79 bits per heavy atom. The summed E-state index contributed by atoms with van der Waals surface area (Å²) in [5.41, 5.74) is 3.00. The zero-order valence-corrected chi connectivity index (χ0v) is 15.7. The summed E-state index contributed by atoms with van der Waals surface area (Å²) in [6.45, 7) is 2.04. The number of pyridine rings is 1. The fourth-order valence-electron chi connectivity index (χ4n) is 2.58. The minimum atomic E-state index is -0.411. The van der Waals surface area contributed by atoms with Gasteiger partial charge < -0.3 is 15.4 Å². The highest BCUT2D eigenvalue weighted by atomic mass is 16.5. The van der Waals surface area contributed by atoms with Crippen LogP contribution < -0.4 is 10.6 Å². The van der Waals surface area contributed by atoms with E-state index < -0.39 is 5.97 Å². The maximum atomic E-state index is 12.5. The van der Waals surface area contributed by atoms with Crippen molar-refractivity contribution >= 4 is 28.9 Å². The zero-order valence-electron chi connectivity index (χ0n) is 15.7. The van der Waals surface area contributed by atoms with Crippen molar-refractivity contribution in [3.63, 3.8) is 0 Å². The molecule has 0 atom stereocenters. The van der Waals surface area contributed by atoms with Gasteiger partial charge in [0.15, 0.2) is 0 Å². The maximum absolute atomic E-state index is 12.5. The van der Waals surface area contributed by atoms with Gasteiger partial charge in [-0.05, 0) is 49.4 Å². The monoisotopic (exact) mass is 386 g/mol. The number of para-hydroxylation sites is 1. The predicted octanol–water partition coefficient (Wildman–Crippen LogP) is 4.13. The highest BCUT2D eigenvalue weighted by Gasteiger charge is 2.10. The lowest BCUT2D eigenvalue weighted by molar-refractivity contribution is 0.0526. The standard InChI is InChI=1S/C22H18N4O3/c1-2-29-22(28)15-7-9-18(10-8-15)26-21(27)17-11-19(14-24-13-17)25-20-6-4-3-5-16(20)12-23/h3-11,13-14,25H,2H2,1H3,(H,26,27). The summed E-state index contributed by atoms with van der Waals surface area (Å²) in [7, 11) is 0. The summed E-state index contributed by atoms with van der Waals surface area (Å²) in [6, 6.07) is 17.2. The minimum absolute atomic E-state index is 0.299. The summed E-state index contributed by atoms with van der Waals surface area (Å²) in [6.07, 6.45) is 3.02. The van der Waals surface area contributed by atoms with Gasteiger partial charge in [-0.1, -0.05) is 12.1 Å². The molecule has 3 aromatic rings. The van der Waals surface area contributed by atoms with Gasteiger partial charge in [-0.2, -0.15) is 5.26 Å². The number of rotatable bonds is 6. The van der Waals surface area contributed by atoms with Gasteiger partial charge in [-0.15, -0.1) is 0 Å². The number of nitrogens with zero attached hydrogens (tertiary/aromatic N) is 2. The summed E-state index contributed by atoms with van der Waals surface area (Å²) < 4.78 is 4.94. The molecule has 3 rings (SSSR count). The SMILES string of the molecule is CCOC(=O)c1ccc(NC(=O)c2cncc(Nc3ccccc3C#N)c2)cc1. The van der Waals surface area contributed by atoms with Crippen LogP contribution in [0.15, 0.2) is 67.0 Å². The first-order chi connectivity index (χ1) is 14.1. The number of nitriles is 1. The first-order valence-electron chi connectivity index (χ1n) is 8.90. The number of carbonyl (C=O) groups excluding carboxylic acids is 2. The van der Waals surface area contributed by atoms with E-state index >= 15 is 0 Å². The minimum Gasteiger partial charge on any atom is -0.462 e. The van der Waals surface area contributed by atoms with Crippen LogP contribution in [0.4, 0.5) is 17.1 Å². The second-order valence-electron chi connectivity index (χ2n) is 6.00. The molecule has 0 saturated carbocycles. The molecule has 0 fully saturated rings. The van der Waals surface area contributed by atoms with Crippen molar-refractivity contribution in [2.75, 3.05) is 17.2 Å². The summed E-state index contributed by atoms with van der Waals surface area (Å²) >= 11 is 0. The van der Waals surface area contributed by atoms with Crippen LogP contribution in [0.3, 0.4) is 0 Å². The van der Waals surface area contributed by atoms with E-state index in [-0.39, 0.29) is 5.91 Å². The Bertz CT molecular complexity index is 1070. The molecule has 144 valence electrons. The first kappa shape index (κ1) is 19.6. The highest BCUT2D eigenvalue weighted by molar-refractivity contribution is 6.04. The zero-order chi connectivity index (χ0) is 20.6. The number of esters is 1. The molecule has 29 heavy (non-hydrogen) atoms. The van der Waals surface area contributed by atoms with Crippen molar-refractivity contribution in [2.45, 2.75) is 6.92 Å². The van der Waals surface area contributed by atoms with Crippen LogP contribution in [0, 0.1) is 11.3 Å². The van der Waals surface area contributed by atoms with Gasteiger partial charge in [-0.25, -0.2) is 4.79 Å². The topological polar surface area (TPSA) is 104 Å². The molecule has 0 unspecified atom stereocenters. The van der Waals surface area contributed by atoms with E-state index in [9.17, 15) is 14.9 Å². The van der Waals surface area contributed by atoms with Crippen LogP contribution in [0.1, 0.15) is 33.2 Å². The molecule has 0 bridgehead atoms. The number of hydrogen-bond donors (Lipinski definition) is 2. The fourth-order valence-corrected chi connectivity index (χ4v) is 2.58. The molecule has 7 nitrogen and oxygen atoms in total. The molecule has 1 heterocycles. The Balaban J connectivity index is 1.71. The Labute approximate surface area is 168 Å². The number of nitrogens with one attached hydrogen (secondary N) is 2. The predicted molar refractivity (Wildman–Crippen MR) is 109 cm³/mol. The van der Waals surface area contributed by atoms with Gasteiger partial charge in [0, 0.05) is 11.9 Å². The molecule has 0 saturated heterocycles. The Hall–Kier alpha value is -4.18. The fraction of sp³-hybridized carbons (Fsp3) is 0.0909. The number of benzene rings is 2. The van der Waals surface area contributed by atoms with Crippen LogP contribution in [0.25, 0.3) is 0 Å². The lowest BCUT2D eigenvalue weighted by Crippen LogP contribution is -2.13. The summed E-state index contributed by atoms with van der Waals surface area (Å²) in [4.78, 5) is 28.3. The molecule has 0 spiro atoms. The van der Waals surface area contributed by atoms with Crippen LogP contribution in [-0.2, 0) is 4.74 Å². The van der Waals surface area contributed by atoms with Gasteiger partial charge >= 0.3 is 5.97 Å². The molecular formula is C22H18N4O3. The van der Waals surface area contributed by atoms with Gasteiger partial charge in [-0.3, -0.25) is 9.78 Å². The van der Waals surface area contributed by atoms with E-state index in [0.29, 0.717) is 40.4 Å². The molecule has 7 heteroatoms. The Morgan fingerprint density at radius 3 is 2.52 bits per heavy atom. The van der Waals surface area contributed by atoms with Gasteiger partial charge in [0.25, 0.3) is 5.91 Å². The second kappa shape index (κ2) is 9.15. The van der Waals surface area contributed by atoms with E-state index in [1.165, 1.54) is 6.20 Å². The average Bonchev–Trinajstić information content (AvgIpc) is 2.75. The van der Waals surface area contributed by atoms with Crippen LogP contribution in [-0.4, -0.2) is 23.5 Å². The van der Waals surface area contributed by atoms with Crippen molar-refractivity contribution in [3.05, 3.63) is 83.7 Å². The Kier molecular flexibility index (Phi) is 6.18. The van der Waals surface area contributed by atoms with E-state index in [1.54, 1.807) is 61.7 Å². The normalized spacial score (nSPS) is 9.93. The quantitative estimate of drug-likeness (QED) is 0.618. The van der Waals surface area contributed by atoms with E-state index in [4.69, 9.17) is 4.74 Å². The molecule has 0 aliphatic rings. The third-order valence-corrected chi connectivity index (χ3v) is 3.98. The number of hydrogen-bond acceptors (Lipinski definition) is 6. The van der Waals surface area contributed by atoms with E-state index in [2.05, 4.69) is 21.7 Å². The van der Waals surface area contributed by atoms with Crippen molar-refractivity contribution in [1.82, 2.24) is 4.98 Å². The van der Waals surface area contributed by atoms with Gasteiger partial charge in [0.05, 0.1) is 40.9 Å². The van der Waals surface area contributed by atoms with Crippen LogP contribution in [0.5, 0.6) is 0 Å². The van der Waals surface area contributed by atoms with Crippen molar-refractivity contribution in [2.24, 2.45) is 0 Å². The smallest absolute Gasteiger partial charge is 0.338 e. The second-order valence-corrected chi connectivity index (χ2v) is 6.00. The third-order valence-electron chi connectivity index (χ3n) is 3.98. The maximum Gasteiger partial charge on any atom is 0.338 e. The average molecular weight is 386 g/mol. The first-order valence-corrected chi connectivity index (χ1v) is 8.90. The molecule has 2 N–H and O–H groups in total. The molecule has 0 aliphatic heterocycles. The Morgan fingerprint density at radius 1 is 1.03 bits per heavy atom. The number of anilines is 3. The summed E-state index contributed by atoms with van der Waals surface area (Å²) in [5.74, 6) is -0.760. The van der Waals surface area contributed by atoms with Gasteiger partial charge in [0.1, 0.15) is 6.07 Å². The molecule has 0 radical (unpaired) electrons.